The standard InChI is InChI=1S/C11H11Br2NO3S/c1-5(10(15)14-6-2-3-6)17-11(16)8-4-7(12)9(13)18-8/h4-6H,2-3H2,1H3,(H,14,15)/t5-/m1/s1. The molecule has 0 aliphatic heterocycles. The van der Waals surface area contributed by atoms with E-state index >= 15 is 0 Å². The molecule has 0 bridgehead atoms. The van der Waals surface area contributed by atoms with Gasteiger partial charge in [0.15, 0.2) is 6.10 Å². The van der Waals surface area contributed by atoms with Crippen LogP contribution < -0.4 is 5.32 Å². The minimum absolute atomic E-state index is 0.236. The van der Waals surface area contributed by atoms with Crippen LogP contribution in [0.25, 0.3) is 0 Å². The number of hydrogen-bond donors (Lipinski definition) is 1. The highest BCUT2D eigenvalue weighted by Crippen LogP contribution is 2.32. The van der Waals surface area contributed by atoms with Crippen molar-refractivity contribution in [1.29, 1.82) is 0 Å². The smallest absolute Gasteiger partial charge is 0.349 e. The van der Waals surface area contributed by atoms with Gasteiger partial charge in [-0.1, -0.05) is 0 Å². The summed E-state index contributed by atoms with van der Waals surface area (Å²) in [5, 5.41) is 2.80. The van der Waals surface area contributed by atoms with Gasteiger partial charge >= 0.3 is 5.97 Å². The molecular weight excluding hydrogens is 386 g/mol. The lowest BCUT2D eigenvalue weighted by Gasteiger charge is -2.12. The summed E-state index contributed by atoms with van der Waals surface area (Å²) in [6.45, 7) is 1.58. The van der Waals surface area contributed by atoms with Crippen LogP contribution in [-0.4, -0.2) is 24.0 Å². The van der Waals surface area contributed by atoms with Gasteiger partial charge in [-0.15, -0.1) is 11.3 Å². The Morgan fingerprint density at radius 3 is 2.67 bits per heavy atom. The van der Waals surface area contributed by atoms with Gasteiger partial charge in [0.2, 0.25) is 0 Å². The molecule has 98 valence electrons. The molecule has 1 saturated carbocycles. The Morgan fingerprint density at radius 1 is 1.50 bits per heavy atom. The quantitative estimate of drug-likeness (QED) is 0.795. The molecule has 0 saturated heterocycles. The molecule has 1 heterocycles. The van der Waals surface area contributed by atoms with E-state index in [-0.39, 0.29) is 11.9 Å². The molecule has 1 amide bonds. The predicted octanol–water partition coefficient (Wildman–Crippen LogP) is 3.10. The summed E-state index contributed by atoms with van der Waals surface area (Å²) in [4.78, 5) is 23.9. The van der Waals surface area contributed by atoms with Gasteiger partial charge in [0, 0.05) is 10.5 Å². The Bertz CT molecular complexity index is 465. The fourth-order valence-corrected chi connectivity index (χ4v) is 3.18. The average molecular weight is 397 g/mol. The van der Waals surface area contributed by atoms with E-state index in [1.165, 1.54) is 11.3 Å². The van der Waals surface area contributed by atoms with Gasteiger partial charge in [0.1, 0.15) is 4.88 Å². The van der Waals surface area contributed by atoms with Crippen molar-refractivity contribution < 1.29 is 14.3 Å². The van der Waals surface area contributed by atoms with E-state index in [9.17, 15) is 9.59 Å². The summed E-state index contributed by atoms with van der Waals surface area (Å²) in [5.74, 6) is -0.717. The number of carbonyl (C=O) groups is 2. The number of carbonyl (C=O) groups excluding carboxylic acids is 2. The first kappa shape index (κ1) is 14.0. The van der Waals surface area contributed by atoms with Crippen molar-refractivity contribution >= 4 is 55.1 Å². The number of ether oxygens (including phenoxy) is 1. The summed E-state index contributed by atoms with van der Waals surface area (Å²) in [6.07, 6.45) is 1.26. The van der Waals surface area contributed by atoms with Crippen LogP contribution in [-0.2, 0) is 9.53 Å². The lowest BCUT2D eigenvalue weighted by atomic mass is 10.3. The Hall–Kier alpha value is -0.400. The number of halogens is 2. The molecule has 1 atom stereocenters. The number of thiophene rings is 1. The third-order valence-electron chi connectivity index (χ3n) is 2.42. The average Bonchev–Trinajstić information content (AvgIpc) is 3.05. The Labute approximate surface area is 125 Å². The second-order valence-electron chi connectivity index (χ2n) is 4.06. The van der Waals surface area contributed by atoms with Crippen molar-refractivity contribution in [2.24, 2.45) is 0 Å². The summed E-state index contributed by atoms with van der Waals surface area (Å²) in [7, 11) is 0. The molecule has 0 unspecified atom stereocenters. The van der Waals surface area contributed by atoms with Crippen LogP contribution in [0.1, 0.15) is 29.4 Å². The number of nitrogens with one attached hydrogen (secondary N) is 1. The summed E-state index contributed by atoms with van der Waals surface area (Å²) in [5.41, 5.74) is 0. The van der Waals surface area contributed by atoms with Crippen LogP contribution in [0.3, 0.4) is 0 Å². The fourth-order valence-electron chi connectivity index (χ4n) is 1.27. The molecule has 0 aromatic carbocycles. The first-order valence-corrected chi connectivity index (χ1v) is 7.84. The lowest BCUT2D eigenvalue weighted by Crippen LogP contribution is -2.36. The van der Waals surface area contributed by atoms with Crippen LogP contribution in [0.5, 0.6) is 0 Å². The molecule has 1 aromatic heterocycles. The van der Waals surface area contributed by atoms with Gasteiger partial charge in [0.05, 0.1) is 3.79 Å². The summed E-state index contributed by atoms with van der Waals surface area (Å²) < 4.78 is 6.74. The van der Waals surface area contributed by atoms with Crippen LogP contribution in [0.15, 0.2) is 14.3 Å². The van der Waals surface area contributed by atoms with Crippen LogP contribution in [0, 0.1) is 0 Å². The van der Waals surface area contributed by atoms with Gasteiger partial charge in [-0.05, 0) is 57.7 Å². The summed E-state index contributed by atoms with van der Waals surface area (Å²) >= 11 is 7.87. The minimum Gasteiger partial charge on any atom is -0.448 e. The predicted molar refractivity (Wildman–Crippen MR) is 75.8 cm³/mol. The number of amides is 1. The van der Waals surface area contributed by atoms with Gasteiger partial charge in [-0.3, -0.25) is 4.79 Å². The molecule has 1 fully saturated rings. The fraction of sp³-hybridized carbons (Fsp3) is 0.455. The Kier molecular flexibility index (Phi) is 4.45. The molecule has 7 heteroatoms. The maximum absolute atomic E-state index is 11.8. The van der Waals surface area contributed by atoms with E-state index in [0.29, 0.717) is 4.88 Å². The van der Waals surface area contributed by atoms with Crippen molar-refractivity contribution in [1.82, 2.24) is 5.32 Å². The van der Waals surface area contributed by atoms with Gasteiger partial charge in [-0.25, -0.2) is 4.79 Å². The maximum Gasteiger partial charge on any atom is 0.349 e. The van der Waals surface area contributed by atoms with Crippen molar-refractivity contribution in [2.45, 2.75) is 31.9 Å². The highest BCUT2D eigenvalue weighted by molar-refractivity contribution is 9.13. The maximum atomic E-state index is 11.8. The van der Waals surface area contributed by atoms with Crippen LogP contribution in [0.2, 0.25) is 0 Å². The zero-order valence-corrected chi connectivity index (χ0v) is 13.5. The molecule has 1 aromatic rings. The van der Waals surface area contributed by atoms with Crippen LogP contribution in [0.4, 0.5) is 0 Å². The number of esters is 1. The van der Waals surface area contributed by atoms with Crippen molar-refractivity contribution in [3.63, 3.8) is 0 Å². The van der Waals surface area contributed by atoms with Crippen molar-refractivity contribution in [2.75, 3.05) is 0 Å². The number of rotatable bonds is 4. The molecule has 2 rings (SSSR count). The van der Waals surface area contributed by atoms with E-state index < -0.39 is 12.1 Å². The Morgan fingerprint density at radius 2 is 2.17 bits per heavy atom. The highest BCUT2D eigenvalue weighted by Gasteiger charge is 2.27. The zero-order valence-electron chi connectivity index (χ0n) is 9.54. The van der Waals surface area contributed by atoms with E-state index in [2.05, 4.69) is 37.2 Å². The molecule has 4 nitrogen and oxygen atoms in total. The van der Waals surface area contributed by atoms with E-state index in [4.69, 9.17) is 4.74 Å². The minimum atomic E-state index is -0.766. The van der Waals surface area contributed by atoms with Gasteiger partial charge in [0.25, 0.3) is 5.91 Å². The molecule has 1 N–H and O–H groups in total. The molecule has 1 aliphatic rings. The topological polar surface area (TPSA) is 55.4 Å². The molecule has 0 spiro atoms. The zero-order chi connectivity index (χ0) is 13.3. The Balaban J connectivity index is 1.91. The largest absolute Gasteiger partial charge is 0.448 e. The van der Waals surface area contributed by atoms with E-state index in [0.717, 1.165) is 21.1 Å². The molecular formula is C11H11Br2NO3S. The van der Waals surface area contributed by atoms with Gasteiger partial charge in [-0.2, -0.15) is 0 Å². The first-order chi connectivity index (χ1) is 8.47. The first-order valence-electron chi connectivity index (χ1n) is 5.43. The van der Waals surface area contributed by atoms with Crippen molar-refractivity contribution in [3.8, 4) is 0 Å². The van der Waals surface area contributed by atoms with Gasteiger partial charge < -0.3 is 10.1 Å². The third kappa shape index (κ3) is 3.55. The lowest BCUT2D eigenvalue weighted by molar-refractivity contribution is -0.129. The highest BCUT2D eigenvalue weighted by atomic mass is 79.9. The second-order valence-corrected chi connectivity index (χ2v) is 7.29. The molecule has 1 aliphatic carbocycles. The van der Waals surface area contributed by atoms with Crippen molar-refractivity contribution in [3.05, 3.63) is 19.2 Å². The third-order valence-corrected chi connectivity index (χ3v) is 5.66. The van der Waals surface area contributed by atoms with E-state index in [1.54, 1.807) is 13.0 Å². The number of hydrogen-bond acceptors (Lipinski definition) is 4. The second kappa shape index (κ2) is 5.71. The summed E-state index contributed by atoms with van der Waals surface area (Å²) in [6, 6.07) is 1.94. The normalized spacial score (nSPS) is 16.2. The molecule has 18 heavy (non-hydrogen) atoms. The van der Waals surface area contributed by atoms with E-state index in [1.807, 2.05) is 0 Å². The van der Waals surface area contributed by atoms with Crippen LogP contribution >= 0.6 is 43.2 Å². The monoisotopic (exact) mass is 395 g/mol. The SMILES string of the molecule is C[C@@H](OC(=O)c1cc(Br)c(Br)s1)C(=O)NC1CC1. The molecule has 0 radical (unpaired) electrons.